The van der Waals surface area contributed by atoms with Crippen LogP contribution in [0, 0.1) is 0 Å². The van der Waals surface area contributed by atoms with Crippen LogP contribution < -0.4 is 15.4 Å². The molecule has 2 aromatic heterocycles. The maximum atomic E-state index is 12.5. The number of pyridine rings is 2. The molecule has 0 spiro atoms. The minimum atomic E-state index is -4.55. The van der Waals surface area contributed by atoms with E-state index in [1.807, 2.05) is 0 Å². The Bertz CT molecular complexity index is 846. The Morgan fingerprint density at radius 1 is 1.26 bits per heavy atom. The molecule has 2 amide bonds. The normalized spacial score (nSPS) is 11.0. The van der Waals surface area contributed by atoms with Crippen LogP contribution in [0.3, 0.4) is 0 Å². The number of hydrogen-bond donors (Lipinski definition) is 2. The quantitative estimate of drug-likeness (QED) is 0.725. The minimum absolute atomic E-state index is 0.0512. The molecule has 0 saturated heterocycles. The highest BCUT2D eigenvalue weighted by molar-refractivity contribution is 6.31. The van der Waals surface area contributed by atoms with Crippen LogP contribution in [0.5, 0.6) is 5.88 Å². The third-order valence-corrected chi connectivity index (χ3v) is 3.36. The summed E-state index contributed by atoms with van der Waals surface area (Å²) in [4.78, 5) is 30.5. The summed E-state index contributed by atoms with van der Waals surface area (Å²) in [6, 6.07) is 3.56. The number of amides is 2. The van der Waals surface area contributed by atoms with Crippen molar-refractivity contribution in [3.63, 3.8) is 0 Å². The van der Waals surface area contributed by atoms with Gasteiger partial charge in [-0.05, 0) is 18.2 Å². The smallest absolute Gasteiger partial charge is 0.417 e. The molecule has 0 saturated carbocycles. The van der Waals surface area contributed by atoms with Gasteiger partial charge in [-0.3, -0.25) is 9.59 Å². The van der Waals surface area contributed by atoms with Crippen molar-refractivity contribution in [2.45, 2.75) is 13.1 Å². The summed E-state index contributed by atoms with van der Waals surface area (Å²) in [5.41, 5.74) is -0.722. The van der Waals surface area contributed by atoms with Gasteiger partial charge in [0, 0.05) is 24.9 Å². The fourth-order valence-electron chi connectivity index (χ4n) is 1.92. The standard InChI is InChI=1S/C16H14ClF3N4O3/c1-9(25)24-13-6-10(2-3-21-13)14(26)22-4-5-27-15-12(17)7-11(8-23-15)16(18,19)20/h2-3,6-8H,4-5H2,1H3,(H,22,26)(H,21,24,25). The van der Waals surface area contributed by atoms with E-state index in [9.17, 15) is 22.8 Å². The number of aromatic nitrogens is 2. The van der Waals surface area contributed by atoms with Crippen LogP contribution in [-0.2, 0) is 11.0 Å². The van der Waals surface area contributed by atoms with Crippen LogP contribution in [0.15, 0.2) is 30.6 Å². The third kappa shape index (κ3) is 6.10. The van der Waals surface area contributed by atoms with E-state index >= 15 is 0 Å². The van der Waals surface area contributed by atoms with Gasteiger partial charge in [0.05, 0.1) is 12.1 Å². The molecule has 0 atom stereocenters. The summed E-state index contributed by atoms with van der Waals surface area (Å²) in [5.74, 6) is -0.712. The summed E-state index contributed by atoms with van der Waals surface area (Å²) >= 11 is 5.72. The summed E-state index contributed by atoms with van der Waals surface area (Å²) in [5, 5.41) is 4.72. The second-order valence-corrected chi connectivity index (χ2v) is 5.63. The number of rotatable bonds is 6. The van der Waals surface area contributed by atoms with Crippen LogP contribution in [0.2, 0.25) is 5.02 Å². The van der Waals surface area contributed by atoms with Gasteiger partial charge in [0.1, 0.15) is 17.4 Å². The first-order valence-corrected chi connectivity index (χ1v) is 7.92. The lowest BCUT2D eigenvalue weighted by Crippen LogP contribution is -2.28. The highest BCUT2D eigenvalue weighted by Crippen LogP contribution is 2.32. The van der Waals surface area contributed by atoms with Crippen molar-refractivity contribution < 1.29 is 27.5 Å². The Morgan fingerprint density at radius 3 is 2.63 bits per heavy atom. The molecular weight excluding hydrogens is 389 g/mol. The van der Waals surface area contributed by atoms with E-state index < -0.39 is 17.6 Å². The van der Waals surface area contributed by atoms with Gasteiger partial charge in [-0.2, -0.15) is 13.2 Å². The highest BCUT2D eigenvalue weighted by Gasteiger charge is 2.31. The maximum absolute atomic E-state index is 12.5. The lowest BCUT2D eigenvalue weighted by molar-refractivity contribution is -0.137. The second-order valence-electron chi connectivity index (χ2n) is 5.22. The van der Waals surface area contributed by atoms with Crippen molar-refractivity contribution in [3.05, 3.63) is 46.7 Å². The predicted octanol–water partition coefficient (Wildman–Crippen LogP) is 2.92. The first-order chi connectivity index (χ1) is 12.7. The largest absolute Gasteiger partial charge is 0.475 e. The molecule has 0 radical (unpaired) electrons. The minimum Gasteiger partial charge on any atom is -0.475 e. The highest BCUT2D eigenvalue weighted by atomic mass is 35.5. The van der Waals surface area contributed by atoms with Crippen LogP contribution in [0.25, 0.3) is 0 Å². The molecule has 0 unspecified atom stereocenters. The zero-order chi connectivity index (χ0) is 20.0. The third-order valence-electron chi connectivity index (χ3n) is 3.09. The summed E-state index contributed by atoms with van der Waals surface area (Å²) in [6.07, 6.45) is -2.58. The predicted molar refractivity (Wildman–Crippen MR) is 90.6 cm³/mol. The molecule has 2 aromatic rings. The van der Waals surface area contributed by atoms with Crippen molar-refractivity contribution >= 4 is 29.2 Å². The van der Waals surface area contributed by atoms with E-state index in [4.69, 9.17) is 16.3 Å². The van der Waals surface area contributed by atoms with E-state index in [0.29, 0.717) is 12.3 Å². The fraction of sp³-hybridized carbons (Fsp3) is 0.250. The maximum Gasteiger partial charge on any atom is 0.417 e. The molecule has 0 bridgehead atoms. The topological polar surface area (TPSA) is 93.2 Å². The lowest BCUT2D eigenvalue weighted by atomic mass is 10.2. The van der Waals surface area contributed by atoms with E-state index in [0.717, 1.165) is 0 Å². The zero-order valence-corrected chi connectivity index (χ0v) is 14.7. The number of anilines is 1. The van der Waals surface area contributed by atoms with Gasteiger partial charge in [0.2, 0.25) is 11.8 Å². The lowest BCUT2D eigenvalue weighted by Gasteiger charge is -2.11. The van der Waals surface area contributed by atoms with Gasteiger partial charge in [0.15, 0.2) is 0 Å². The van der Waals surface area contributed by atoms with E-state index in [1.165, 1.54) is 25.3 Å². The van der Waals surface area contributed by atoms with Crippen molar-refractivity contribution in [1.29, 1.82) is 0 Å². The zero-order valence-electron chi connectivity index (χ0n) is 13.9. The molecule has 7 nitrogen and oxygen atoms in total. The van der Waals surface area contributed by atoms with Crippen molar-refractivity contribution in [1.82, 2.24) is 15.3 Å². The molecule has 0 aromatic carbocycles. The Morgan fingerprint density at radius 2 is 2.00 bits per heavy atom. The van der Waals surface area contributed by atoms with E-state index in [1.54, 1.807) is 0 Å². The fourth-order valence-corrected chi connectivity index (χ4v) is 2.14. The molecule has 0 fully saturated rings. The molecule has 2 heterocycles. The van der Waals surface area contributed by atoms with E-state index in [2.05, 4.69) is 20.6 Å². The molecule has 0 aliphatic rings. The molecule has 2 N–H and O–H groups in total. The summed E-state index contributed by atoms with van der Waals surface area (Å²) in [6.45, 7) is 1.30. The molecule has 0 aliphatic carbocycles. The number of ether oxygens (including phenoxy) is 1. The van der Waals surface area contributed by atoms with Crippen molar-refractivity contribution in [2.24, 2.45) is 0 Å². The number of carbonyl (C=O) groups excluding carboxylic acids is 2. The van der Waals surface area contributed by atoms with Crippen LogP contribution >= 0.6 is 11.6 Å². The number of carbonyl (C=O) groups is 2. The molecule has 11 heteroatoms. The summed E-state index contributed by atoms with van der Waals surface area (Å²) in [7, 11) is 0. The first kappa shape index (κ1) is 20.4. The molecule has 2 rings (SSSR count). The van der Waals surface area contributed by atoms with E-state index in [-0.39, 0.29) is 41.3 Å². The van der Waals surface area contributed by atoms with Crippen LogP contribution in [0.1, 0.15) is 22.8 Å². The average molecular weight is 403 g/mol. The SMILES string of the molecule is CC(=O)Nc1cc(C(=O)NCCOc2ncc(C(F)(F)F)cc2Cl)ccn1. The number of hydrogen-bond acceptors (Lipinski definition) is 5. The number of nitrogens with one attached hydrogen (secondary N) is 2. The Labute approximate surface area is 156 Å². The molecular formula is C16H14ClF3N4O3. The first-order valence-electron chi connectivity index (χ1n) is 7.54. The molecule has 0 aliphatic heterocycles. The average Bonchev–Trinajstić information content (AvgIpc) is 2.58. The van der Waals surface area contributed by atoms with Gasteiger partial charge in [-0.25, -0.2) is 9.97 Å². The van der Waals surface area contributed by atoms with Gasteiger partial charge in [-0.1, -0.05) is 11.6 Å². The number of halogens is 4. The Hall–Kier alpha value is -2.88. The van der Waals surface area contributed by atoms with Gasteiger partial charge < -0.3 is 15.4 Å². The van der Waals surface area contributed by atoms with Crippen molar-refractivity contribution in [3.8, 4) is 5.88 Å². The van der Waals surface area contributed by atoms with Crippen molar-refractivity contribution in [2.75, 3.05) is 18.5 Å². The summed E-state index contributed by atoms with van der Waals surface area (Å²) < 4.78 is 42.8. The molecule has 27 heavy (non-hydrogen) atoms. The Balaban J connectivity index is 1.86. The number of nitrogens with zero attached hydrogens (tertiary/aromatic N) is 2. The monoisotopic (exact) mass is 402 g/mol. The van der Waals surface area contributed by atoms with Gasteiger partial charge in [-0.15, -0.1) is 0 Å². The van der Waals surface area contributed by atoms with Crippen LogP contribution in [0.4, 0.5) is 19.0 Å². The van der Waals surface area contributed by atoms with Gasteiger partial charge >= 0.3 is 6.18 Å². The molecule has 144 valence electrons. The number of alkyl halides is 3. The second kappa shape index (κ2) is 8.67. The van der Waals surface area contributed by atoms with Gasteiger partial charge in [0.25, 0.3) is 5.91 Å². The Kier molecular flexibility index (Phi) is 6.56. The van der Waals surface area contributed by atoms with Crippen LogP contribution in [-0.4, -0.2) is 34.9 Å².